The molecule has 0 spiro atoms. The van der Waals surface area contributed by atoms with Gasteiger partial charge in [-0.25, -0.2) is 4.79 Å². The molecule has 1 fully saturated rings. The Kier molecular flexibility index (Phi) is 7.14. The minimum Gasteiger partial charge on any atom is -0.508 e. The van der Waals surface area contributed by atoms with Crippen molar-refractivity contribution in [2.75, 3.05) is 11.5 Å². The number of benzene rings is 3. The zero-order chi connectivity index (χ0) is 27.8. The minimum absolute atomic E-state index is 0.0448. The van der Waals surface area contributed by atoms with Crippen LogP contribution in [0, 0.1) is 6.92 Å². The molecule has 38 heavy (non-hydrogen) atoms. The zero-order valence-corrected chi connectivity index (χ0v) is 22.1. The number of hydrogen-bond donors (Lipinski definition) is 2. The highest BCUT2D eigenvalue weighted by Crippen LogP contribution is 2.43. The van der Waals surface area contributed by atoms with Crippen LogP contribution < -0.4 is 4.90 Å². The molecule has 3 aromatic rings. The summed E-state index contributed by atoms with van der Waals surface area (Å²) < 4.78 is 5.04. The fraction of sp³-hybridized carbons (Fsp3) is 0.258. The van der Waals surface area contributed by atoms with Gasteiger partial charge in [-0.15, -0.1) is 0 Å². The summed E-state index contributed by atoms with van der Waals surface area (Å²) in [4.78, 5) is 40.3. The Balaban J connectivity index is 1.92. The van der Waals surface area contributed by atoms with E-state index in [1.54, 1.807) is 31.2 Å². The van der Waals surface area contributed by atoms with E-state index in [1.807, 2.05) is 45.9 Å². The molecular formula is C31H31NO6. The molecule has 0 bridgehead atoms. The lowest BCUT2D eigenvalue weighted by molar-refractivity contribution is -0.132. The largest absolute Gasteiger partial charge is 0.508 e. The molecule has 0 radical (unpaired) electrons. The van der Waals surface area contributed by atoms with Crippen LogP contribution in [0.4, 0.5) is 5.69 Å². The van der Waals surface area contributed by atoms with Crippen LogP contribution >= 0.6 is 0 Å². The highest BCUT2D eigenvalue weighted by atomic mass is 16.5. The average Bonchev–Trinajstić information content (AvgIpc) is 3.13. The second-order valence-electron chi connectivity index (χ2n) is 10.3. The third-order valence-electron chi connectivity index (χ3n) is 6.65. The summed E-state index contributed by atoms with van der Waals surface area (Å²) >= 11 is 0. The molecule has 1 unspecified atom stereocenters. The number of aliphatic hydroxyl groups is 1. The van der Waals surface area contributed by atoms with Gasteiger partial charge >= 0.3 is 5.97 Å². The predicted octanol–water partition coefficient (Wildman–Crippen LogP) is 5.80. The molecular weight excluding hydrogens is 482 g/mol. The van der Waals surface area contributed by atoms with Crippen LogP contribution in [0.5, 0.6) is 5.75 Å². The Morgan fingerprint density at radius 3 is 2.29 bits per heavy atom. The summed E-state index contributed by atoms with van der Waals surface area (Å²) in [6, 6.07) is 17.1. The smallest absolute Gasteiger partial charge is 0.338 e. The Hall–Kier alpha value is -4.39. The molecule has 1 amide bonds. The van der Waals surface area contributed by atoms with Gasteiger partial charge in [-0.1, -0.05) is 45.0 Å². The van der Waals surface area contributed by atoms with E-state index in [1.165, 1.54) is 29.2 Å². The molecule has 1 saturated heterocycles. The topological polar surface area (TPSA) is 104 Å². The number of anilines is 1. The summed E-state index contributed by atoms with van der Waals surface area (Å²) in [6.45, 7) is 9.91. The van der Waals surface area contributed by atoms with Crippen molar-refractivity contribution in [1.82, 2.24) is 0 Å². The number of amides is 1. The highest BCUT2D eigenvalue weighted by Gasteiger charge is 2.47. The molecule has 2 N–H and O–H groups in total. The Morgan fingerprint density at radius 1 is 1.00 bits per heavy atom. The number of aliphatic hydroxyl groups excluding tert-OH is 1. The number of phenols is 1. The van der Waals surface area contributed by atoms with Crippen LogP contribution in [0.15, 0.2) is 72.3 Å². The van der Waals surface area contributed by atoms with Crippen LogP contribution in [0.1, 0.15) is 66.3 Å². The van der Waals surface area contributed by atoms with Crippen LogP contribution in [0.25, 0.3) is 5.76 Å². The van der Waals surface area contributed by atoms with Crippen LogP contribution in [-0.2, 0) is 19.7 Å². The third kappa shape index (κ3) is 4.92. The van der Waals surface area contributed by atoms with E-state index < -0.39 is 23.7 Å². The second-order valence-corrected chi connectivity index (χ2v) is 10.3. The number of nitrogens with zero attached hydrogens (tertiary/aromatic N) is 1. The van der Waals surface area contributed by atoms with Crippen molar-refractivity contribution in [1.29, 1.82) is 0 Å². The number of carbonyl (C=O) groups is 3. The van der Waals surface area contributed by atoms with Crippen LogP contribution in [0.2, 0.25) is 0 Å². The van der Waals surface area contributed by atoms with Crippen molar-refractivity contribution in [3.05, 3.63) is 100 Å². The fourth-order valence-electron chi connectivity index (χ4n) is 4.57. The number of aryl methyl sites for hydroxylation is 1. The van der Waals surface area contributed by atoms with Crippen molar-refractivity contribution in [2.24, 2.45) is 0 Å². The molecule has 0 aliphatic carbocycles. The summed E-state index contributed by atoms with van der Waals surface area (Å²) in [5, 5.41) is 21.8. The highest BCUT2D eigenvalue weighted by molar-refractivity contribution is 6.51. The molecule has 4 rings (SSSR count). The van der Waals surface area contributed by atoms with Gasteiger partial charge in [0.05, 0.1) is 23.8 Å². The lowest BCUT2D eigenvalue weighted by Gasteiger charge is -2.26. The number of rotatable bonds is 5. The number of carbonyl (C=O) groups excluding carboxylic acids is 3. The fourth-order valence-corrected chi connectivity index (χ4v) is 4.57. The first kappa shape index (κ1) is 26.7. The maximum atomic E-state index is 13.5. The average molecular weight is 514 g/mol. The maximum absolute atomic E-state index is 13.5. The molecule has 1 aliphatic rings. The first-order chi connectivity index (χ1) is 17.9. The predicted molar refractivity (Wildman–Crippen MR) is 145 cm³/mol. The Morgan fingerprint density at radius 2 is 1.68 bits per heavy atom. The zero-order valence-electron chi connectivity index (χ0n) is 22.1. The van der Waals surface area contributed by atoms with E-state index in [2.05, 4.69) is 0 Å². The van der Waals surface area contributed by atoms with Crippen molar-refractivity contribution in [3.8, 4) is 5.75 Å². The number of aromatic hydroxyl groups is 1. The van der Waals surface area contributed by atoms with E-state index in [0.29, 0.717) is 22.4 Å². The quantitative estimate of drug-likeness (QED) is 0.193. The van der Waals surface area contributed by atoms with E-state index >= 15 is 0 Å². The van der Waals surface area contributed by atoms with Crippen molar-refractivity contribution >= 4 is 29.1 Å². The number of phenolic OH excluding ortho intramolecular Hbond substituents is 1. The van der Waals surface area contributed by atoms with Gasteiger partial charge in [0.15, 0.2) is 0 Å². The first-order valence-electron chi connectivity index (χ1n) is 12.4. The lowest BCUT2D eigenvalue weighted by Crippen LogP contribution is -2.29. The van der Waals surface area contributed by atoms with E-state index in [-0.39, 0.29) is 29.1 Å². The monoisotopic (exact) mass is 513 g/mol. The molecule has 196 valence electrons. The number of ether oxygens (including phenoxy) is 1. The summed E-state index contributed by atoms with van der Waals surface area (Å²) in [6.07, 6.45) is 0. The van der Waals surface area contributed by atoms with Crippen molar-refractivity contribution < 1.29 is 29.3 Å². The number of ketones is 1. The number of Topliss-reactive ketones (excluding diaryl/α,β-unsaturated/α-hetero) is 1. The molecule has 0 saturated carbocycles. The van der Waals surface area contributed by atoms with Crippen molar-refractivity contribution in [3.63, 3.8) is 0 Å². The SMILES string of the molecule is CCOC(=O)c1ccc(N2C(=O)C(=O)/C(=C(/O)c3cc(C(C)(C)C)ccc3C)C2c2cccc(O)c2)cc1. The number of esters is 1. The van der Waals surface area contributed by atoms with Crippen LogP contribution in [0.3, 0.4) is 0 Å². The maximum Gasteiger partial charge on any atom is 0.338 e. The van der Waals surface area contributed by atoms with Gasteiger partial charge in [0.1, 0.15) is 11.5 Å². The summed E-state index contributed by atoms with van der Waals surface area (Å²) in [5.74, 6) is -2.50. The molecule has 7 nitrogen and oxygen atoms in total. The van der Waals surface area contributed by atoms with Gasteiger partial charge < -0.3 is 14.9 Å². The van der Waals surface area contributed by atoms with Gasteiger partial charge in [0.25, 0.3) is 11.7 Å². The van der Waals surface area contributed by atoms with E-state index in [4.69, 9.17) is 4.74 Å². The van der Waals surface area contributed by atoms with Crippen molar-refractivity contribution in [2.45, 2.75) is 46.1 Å². The normalized spacial score (nSPS) is 17.1. The second kappa shape index (κ2) is 10.2. The molecule has 1 heterocycles. The van der Waals surface area contributed by atoms with Gasteiger partial charge in [0.2, 0.25) is 0 Å². The summed E-state index contributed by atoms with van der Waals surface area (Å²) in [7, 11) is 0. The van der Waals surface area contributed by atoms with Crippen LogP contribution in [-0.4, -0.2) is 34.5 Å². The minimum atomic E-state index is -1.01. The standard InChI is InChI=1S/C31H31NO6/c1-6-38-30(37)19-11-14-22(15-12-19)32-26(20-8-7-9-23(33)16-20)25(28(35)29(32)36)27(34)24-17-21(31(3,4)5)13-10-18(24)2/h7-17,26,33-34H,6H2,1-5H3/b27-25+. The lowest BCUT2D eigenvalue weighted by atomic mass is 9.84. The van der Waals surface area contributed by atoms with Gasteiger partial charge in [-0.3, -0.25) is 14.5 Å². The molecule has 3 aromatic carbocycles. The van der Waals surface area contributed by atoms with Gasteiger partial charge in [0, 0.05) is 11.3 Å². The van der Waals surface area contributed by atoms with E-state index in [9.17, 15) is 24.6 Å². The summed E-state index contributed by atoms with van der Waals surface area (Å²) in [5.41, 5.74) is 2.98. The van der Waals surface area contributed by atoms with Gasteiger partial charge in [-0.05, 0) is 78.4 Å². The van der Waals surface area contributed by atoms with E-state index in [0.717, 1.165) is 11.1 Å². The Labute approximate surface area is 222 Å². The van der Waals surface area contributed by atoms with Gasteiger partial charge in [-0.2, -0.15) is 0 Å². The molecule has 7 heteroatoms. The molecule has 0 aromatic heterocycles. The number of hydrogen-bond acceptors (Lipinski definition) is 6. The molecule has 1 atom stereocenters. The Bertz CT molecular complexity index is 1450. The third-order valence-corrected chi connectivity index (χ3v) is 6.65. The molecule has 1 aliphatic heterocycles. The first-order valence-corrected chi connectivity index (χ1v) is 12.4.